The van der Waals surface area contributed by atoms with E-state index in [0.29, 0.717) is 5.82 Å². The van der Waals surface area contributed by atoms with Gasteiger partial charge in [-0.2, -0.15) is 4.09 Å². The van der Waals surface area contributed by atoms with Crippen molar-refractivity contribution in [3.63, 3.8) is 0 Å². The van der Waals surface area contributed by atoms with E-state index in [1.807, 2.05) is 18.2 Å². The monoisotopic (exact) mass is 313 g/mol. The topological polar surface area (TPSA) is 56.7 Å². The van der Waals surface area contributed by atoms with E-state index in [0.717, 1.165) is 5.75 Å². The van der Waals surface area contributed by atoms with Gasteiger partial charge in [-0.3, -0.25) is 0 Å². The van der Waals surface area contributed by atoms with Crippen LogP contribution in [-0.4, -0.2) is 14.4 Å². The summed E-state index contributed by atoms with van der Waals surface area (Å²) in [6, 6.07) is 10.2. The van der Waals surface area contributed by atoms with Gasteiger partial charge in [0.05, 0.1) is 6.20 Å². The first-order valence-corrected chi connectivity index (χ1v) is 5.14. The van der Waals surface area contributed by atoms with Crippen molar-refractivity contribution in [1.29, 1.82) is 0 Å². The number of benzene rings is 1. The summed E-state index contributed by atoms with van der Waals surface area (Å²) in [6.45, 7) is 0. The maximum absolute atomic E-state index is 5.44. The molecule has 0 bridgehead atoms. The Hall–Kier alpha value is -0.750. The van der Waals surface area contributed by atoms with Crippen LogP contribution in [0.4, 0.5) is 5.82 Å². The van der Waals surface area contributed by atoms with E-state index >= 15 is 0 Å². The Kier molecular flexibility index (Phi) is 4.90. The summed E-state index contributed by atoms with van der Waals surface area (Å²) >= 11 is 1.56. The maximum atomic E-state index is 5.44. The smallest absolute Gasteiger partial charge is 0.167 e. The second-order valence-electron chi connectivity index (χ2n) is 2.80. The van der Waals surface area contributed by atoms with Crippen LogP contribution in [0.5, 0.6) is 0 Å². The Bertz CT molecular complexity index is 404. The van der Waals surface area contributed by atoms with Crippen LogP contribution in [0.1, 0.15) is 5.56 Å². The molecule has 0 amide bonds. The molecule has 1 heterocycles. The summed E-state index contributed by atoms with van der Waals surface area (Å²) in [6.07, 6.45) is 1.70. The fraction of sp³-hybridized carbons (Fsp3) is 0.111. The van der Waals surface area contributed by atoms with Gasteiger partial charge in [0.15, 0.2) is 5.82 Å². The van der Waals surface area contributed by atoms with Gasteiger partial charge < -0.3 is 5.73 Å². The molecule has 0 saturated carbocycles. The number of nitrogens with zero attached hydrogens (tertiary/aromatic N) is 3. The van der Waals surface area contributed by atoms with Crippen molar-refractivity contribution >= 4 is 17.8 Å². The summed E-state index contributed by atoms with van der Waals surface area (Å²) in [4.78, 5) is 0. The van der Waals surface area contributed by atoms with Crippen LogP contribution >= 0.6 is 11.9 Å². The molecular formula is C9H10AgN4S. The van der Waals surface area contributed by atoms with Gasteiger partial charge in [-0.1, -0.05) is 35.5 Å². The van der Waals surface area contributed by atoms with Gasteiger partial charge in [0.25, 0.3) is 0 Å². The third kappa shape index (κ3) is 3.71. The van der Waals surface area contributed by atoms with Crippen LogP contribution in [0, 0.1) is 0 Å². The quantitative estimate of drug-likeness (QED) is 0.874. The Morgan fingerprint density at radius 1 is 1.27 bits per heavy atom. The van der Waals surface area contributed by atoms with Gasteiger partial charge in [-0.25, -0.2) is 0 Å². The molecule has 0 aliphatic heterocycles. The fourth-order valence-corrected chi connectivity index (χ4v) is 1.78. The number of nitrogen functional groups attached to an aromatic ring is 1. The molecule has 1 aromatic carbocycles. The van der Waals surface area contributed by atoms with Gasteiger partial charge >= 0.3 is 0 Å². The number of nitrogens with two attached hydrogens (primary N) is 1. The Morgan fingerprint density at radius 2 is 2.00 bits per heavy atom. The number of anilines is 1. The SMILES string of the molecule is Nc1cn(SCc2ccccc2)nn1.[Ag]. The van der Waals surface area contributed by atoms with Crippen LogP contribution < -0.4 is 5.73 Å². The Morgan fingerprint density at radius 3 is 2.60 bits per heavy atom. The first-order chi connectivity index (χ1) is 6.84. The van der Waals surface area contributed by atoms with Crippen molar-refractivity contribution in [3.8, 4) is 0 Å². The molecule has 15 heavy (non-hydrogen) atoms. The van der Waals surface area contributed by atoms with Crippen molar-refractivity contribution < 1.29 is 22.4 Å². The van der Waals surface area contributed by atoms with E-state index in [2.05, 4.69) is 22.4 Å². The minimum absolute atomic E-state index is 0. The van der Waals surface area contributed by atoms with Gasteiger partial charge in [-0.05, 0) is 17.5 Å². The first-order valence-electron chi connectivity index (χ1n) is 4.19. The molecule has 0 aliphatic rings. The summed E-state index contributed by atoms with van der Waals surface area (Å²) in [5.41, 5.74) is 6.70. The van der Waals surface area contributed by atoms with Crippen molar-refractivity contribution in [2.45, 2.75) is 5.75 Å². The van der Waals surface area contributed by atoms with Crippen molar-refractivity contribution in [3.05, 3.63) is 42.1 Å². The van der Waals surface area contributed by atoms with Crippen LogP contribution in [0.3, 0.4) is 0 Å². The normalized spacial score (nSPS) is 9.60. The van der Waals surface area contributed by atoms with Crippen LogP contribution in [0.2, 0.25) is 0 Å². The zero-order valence-electron chi connectivity index (χ0n) is 7.80. The van der Waals surface area contributed by atoms with Crippen LogP contribution in [0.25, 0.3) is 0 Å². The molecule has 0 fully saturated rings. The van der Waals surface area contributed by atoms with Crippen LogP contribution in [-0.2, 0) is 28.1 Å². The molecule has 0 unspecified atom stereocenters. The molecule has 6 heteroatoms. The van der Waals surface area contributed by atoms with Gasteiger partial charge in [-0.15, -0.1) is 5.10 Å². The van der Waals surface area contributed by atoms with E-state index in [9.17, 15) is 0 Å². The summed E-state index contributed by atoms with van der Waals surface area (Å²) < 4.78 is 1.67. The molecule has 1 aromatic heterocycles. The Balaban J connectivity index is 0.00000112. The third-order valence-electron chi connectivity index (χ3n) is 1.70. The summed E-state index contributed by atoms with van der Waals surface area (Å²) in [5.74, 6) is 1.31. The Labute approximate surface area is 108 Å². The molecule has 2 rings (SSSR count). The van der Waals surface area contributed by atoms with E-state index in [-0.39, 0.29) is 22.4 Å². The minimum Gasteiger partial charge on any atom is -0.381 e. The second-order valence-corrected chi connectivity index (χ2v) is 3.73. The van der Waals surface area contributed by atoms with E-state index in [1.54, 1.807) is 22.2 Å². The standard InChI is InChI=1S/C9H10N4S.Ag/c10-9-6-13(12-11-9)14-7-8-4-2-1-3-5-8;/h1-6H,7,10H2;. The second kappa shape index (κ2) is 5.97. The maximum Gasteiger partial charge on any atom is 0.167 e. The van der Waals surface area contributed by atoms with Crippen molar-refractivity contribution in [1.82, 2.24) is 14.4 Å². The average Bonchev–Trinajstić information content (AvgIpc) is 2.63. The molecule has 0 atom stereocenters. The number of rotatable bonds is 3. The van der Waals surface area contributed by atoms with E-state index in [1.165, 1.54) is 5.56 Å². The number of aromatic nitrogens is 3. The molecule has 1 radical (unpaired) electrons. The summed E-state index contributed by atoms with van der Waals surface area (Å²) in [5, 5.41) is 7.53. The predicted octanol–water partition coefficient (Wildman–Crippen LogP) is 1.55. The molecule has 83 valence electrons. The molecule has 0 spiro atoms. The number of hydrogen-bond donors (Lipinski definition) is 1. The molecular weight excluding hydrogens is 304 g/mol. The van der Waals surface area contributed by atoms with Crippen molar-refractivity contribution in [2.24, 2.45) is 0 Å². The molecule has 4 nitrogen and oxygen atoms in total. The third-order valence-corrected chi connectivity index (χ3v) is 2.60. The zero-order valence-corrected chi connectivity index (χ0v) is 10.1. The molecule has 2 aromatic rings. The fourth-order valence-electron chi connectivity index (χ4n) is 1.04. The number of hydrogen-bond acceptors (Lipinski definition) is 4. The molecule has 0 aliphatic carbocycles. The predicted molar refractivity (Wildman–Crippen MR) is 57.6 cm³/mol. The van der Waals surface area contributed by atoms with Gasteiger partial charge in [0, 0.05) is 28.1 Å². The van der Waals surface area contributed by atoms with Gasteiger partial charge in [0.1, 0.15) is 0 Å². The largest absolute Gasteiger partial charge is 0.381 e. The average molecular weight is 314 g/mol. The zero-order chi connectivity index (χ0) is 9.80. The first kappa shape index (κ1) is 12.3. The van der Waals surface area contributed by atoms with Crippen LogP contribution in [0.15, 0.2) is 36.5 Å². The molecule has 2 N–H and O–H groups in total. The van der Waals surface area contributed by atoms with E-state index in [4.69, 9.17) is 5.73 Å². The van der Waals surface area contributed by atoms with Gasteiger partial charge in [0.2, 0.25) is 0 Å². The molecule has 0 saturated heterocycles. The van der Waals surface area contributed by atoms with Crippen molar-refractivity contribution in [2.75, 3.05) is 5.73 Å². The van der Waals surface area contributed by atoms with E-state index < -0.39 is 0 Å². The minimum atomic E-state index is 0. The summed E-state index contributed by atoms with van der Waals surface area (Å²) in [7, 11) is 0.